The van der Waals surface area contributed by atoms with Crippen LogP contribution in [0.15, 0.2) is 158 Å². The van der Waals surface area contributed by atoms with Crippen LogP contribution in [0.1, 0.15) is 194 Å². The fourth-order valence-electron chi connectivity index (χ4n) is 7.28. The molecule has 0 amide bonds. The molecule has 0 fully saturated rings. The van der Waals surface area contributed by atoms with E-state index in [1.807, 2.05) is 21.1 Å². The van der Waals surface area contributed by atoms with Crippen LogP contribution in [0.4, 0.5) is 0 Å². The van der Waals surface area contributed by atoms with Crippen LogP contribution in [0, 0.1) is 0 Å². The number of aliphatic carboxylic acids is 1. The zero-order valence-electron chi connectivity index (χ0n) is 49.0. The molecule has 2 unspecified atom stereocenters. The molecule has 0 saturated heterocycles. The maximum absolute atomic E-state index is 12.9. The number of nitrogens with zero attached hydrogens (tertiary/aromatic N) is 1. The van der Waals surface area contributed by atoms with E-state index in [9.17, 15) is 19.5 Å². The molecular weight excluding hydrogens is 959 g/mol. The van der Waals surface area contributed by atoms with Gasteiger partial charge in [-0.15, -0.1) is 0 Å². The average molecular weight is 1070 g/mol. The highest BCUT2D eigenvalue weighted by Gasteiger charge is 2.22. The molecule has 0 aliphatic carbocycles. The molecule has 0 heterocycles. The number of carboxylic acid groups (broad SMARTS) is 1. The van der Waals surface area contributed by atoms with Gasteiger partial charge in [-0.3, -0.25) is 9.59 Å². The summed E-state index contributed by atoms with van der Waals surface area (Å²) in [5.41, 5.74) is 0. The number of hydrogen-bond acceptors (Lipinski definition) is 8. The van der Waals surface area contributed by atoms with E-state index in [1.165, 1.54) is 0 Å². The van der Waals surface area contributed by atoms with Gasteiger partial charge in [-0.05, 0) is 122 Å². The number of quaternary nitrogens is 1. The van der Waals surface area contributed by atoms with E-state index in [0.29, 0.717) is 23.9 Å². The van der Waals surface area contributed by atoms with Gasteiger partial charge < -0.3 is 33.3 Å². The molecule has 9 heteroatoms. The molecule has 2 atom stereocenters. The molecule has 0 aromatic heterocycles. The molecule has 9 nitrogen and oxygen atoms in total. The third-order valence-corrected chi connectivity index (χ3v) is 11.8. The largest absolute Gasteiger partial charge is 0.545 e. The third kappa shape index (κ3) is 58.4. The number of carboxylic acids is 1. The lowest BCUT2D eigenvalue weighted by Gasteiger charge is -2.26. The highest BCUT2D eigenvalue weighted by atomic mass is 16.7. The average Bonchev–Trinajstić information content (AvgIpc) is 3.40. The number of esters is 2. The van der Waals surface area contributed by atoms with Gasteiger partial charge in [0.25, 0.3) is 0 Å². The van der Waals surface area contributed by atoms with Crippen LogP contribution in [-0.4, -0.2) is 82.3 Å². The van der Waals surface area contributed by atoms with E-state index >= 15 is 0 Å². The van der Waals surface area contributed by atoms with Gasteiger partial charge in [0.15, 0.2) is 12.4 Å². The Labute approximate surface area is 470 Å². The Balaban J connectivity index is 4.35. The molecule has 0 aliphatic rings. The van der Waals surface area contributed by atoms with Gasteiger partial charge in [0.05, 0.1) is 40.3 Å². The Kier molecular flexibility index (Phi) is 53.3. The predicted molar refractivity (Wildman–Crippen MR) is 324 cm³/mol. The van der Waals surface area contributed by atoms with Crippen molar-refractivity contribution in [1.29, 1.82) is 0 Å². The summed E-state index contributed by atoms with van der Waals surface area (Å²) in [5, 5.41) is 11.8. The zero-order chi connectivity index (χ0) is 56.2. The maximum atomic E-state index is 12.9. The minimum atomic E-state index is -1.64. The topological polar surface area (TPSA) is 111 Å². The Morgan fingerprint density at radius 3 is 1.04 bits per heavy atom. The number of allylic oxidation sites excluding steroid dienone is 26. The van der Waals surface area contributed by atoms with E-state index in [0.717, 1.165) is 154 Å². The normalized spacial score (nSPS) is 13.9. The van der Waals surface area contributed by atoms with Gasteiger partial charge in [-0.1, -0.05) is 217 Å². The van der Waals surface area contributed by atoms with Crippen LogP contribution in [0.2, 0.25) is 0 Å². The lowest BCUT2D eigenvalue weighted by atomic mass is 10.1. The summed E-state index contributed by atoms with van der Waals surface area (Å²) in [5.74, 6) is -2.35. The fraction of sp³-hybridized carbons (Fsp3) is 0.574. The Morgan fingerprint density at radius 2 is 0.701 bits per heavy atom. The van der Waals surface area contributed by atoms with Gasteiger partial charge in [-0.2, -0.15) is 0 Å². The first kappa shape index (κ1) is 71.9. The second kappa shape index (κ2) is 57.1. The maximum Gasteiger partial charge on any atom is 0.306 e. The number of hydrogen-bond donors (Lipinski definition) is 0. The van der Waals surface area contributed by atoms with Crippen molar-refractivity contribution in [2.45, 2.75) is 206 Å². The molecule has 0 saturated carbocycles. The summed E-state index contributed by atoms with van der Waals surface area (Å²) in [6.07, 6.45) is 81.4. The monoisotopic (exact) mass is 1070 g/mol. The summed E-state index contributed by atoms with van der Waals surface area (Å²) < 4.78 is 22.6. The van der Waals surface area contributed by atoms with Crippen molar-refractivity contribution < 1.29 is 42.9 Å². The number of unbranched alkanes of at least 4 members (excludes halogenated alkanes) is 11. The molecule has 432 valence electrons. The van der Waals surface area contributed by atoms with Crippen molar-refractivity contribution in [2.75, 3.05) is 47.5 Å². The molecule has 0 N–H and O–H groups in total. The highest BCUT2D eigenvalue weighted by molar-refractivity contribution is 5.70. The van der Waals surface area contributed by atoms with Gasteiger partial charge in [-0.25, -0.2) is 0 Å². The van der Waals surface area contributed by atoms with Crippen LogP contribution >= 0.6 is 0 Å². The number of rotatable bonds is 52. The molecule has 0 aliphatic heterocycles. The quantitative estimate of drug-likeness (QED) is 0.0195. The first-order valence-electron chi connectivity index (χ1n) is 29.6. The van der Waals surface area contributed by atoms with Crippen LogP contribution in [0.25, 0.3) is 0 Å². The van der Waals surface area contributed by atoms with Crippen molar-refractivity contribution in [3.8, 4) is 0 Å². The van der Waals surface area contributed by atoms with E-state index in [-0.39, 0.29) is 38.6 Å². The molecule has 0 bridgehead atoms. The van der Waals surface area contributed by atoms with Crippen LogP contribution in [0.3, 0.4) is 0 Å². The van der Waals surface area contributed by atoms with E-state index < -0.39 is 24.3 Å². The smallest absolute Gasteiger partial charge is 0.306 e. The predicted octanol–water partition coefficient (Wildman–Crippen LogP) is 16.4. The highest BCUT2D eigenvalue weighted by Crippen LogP contribution is 2.13. The minimum absolute atomic E-state index is 0.131. The minimum Gasteiger partial charge on any atom is -0.545 e. The standard InChI is InChI=1S/C68H107NO8/c1-6-8-10-12-14-16-18-20-22-24-26-27-28-29-30-31-32-33-34-35-36-37-38-39-41-43-45-47-49-51-53-55-57-59-66(71)77-64(63-76-68(67(72)73)74-61-60-69(3,4)5)62-75-65(70)58-56-54-52-50-48-46-44-42-40-25-23-21-19-17-15-13-11-9-7-2/h8-11,14-17,20-23,26-27,29-30,32-33,35-36,38-40,42-43,45,64,68H,6-7,12-13,18-19,24-25,28,31,34,37,41,44,46-63H2,1-5H3/b10-8-,11-9-,16-14-,17-15-,22-20-,23-21-,27-26-,30-29-,33-32-,36-35-,39-38-,42-40-,45-43-. The summed E-state index contributed by atoms with van der Waals surface area (Å²) in [4.78, 5) is 37.3. The van der Waals surface area contributed by atoms with Crippen molar-refractivity contribution in [3.05, 3.63) is 158 Å². The number of carbonyl (C=O) groups is 3. The van der Waals surface area contributed by atoms with E-state index in [4.69, 9.17) is 18.9 Å². The number of carbonyl (C=O) groups excluding carboxylic acids is 3. The lowest BCUT2D eigenvalue weighted by molar-refractivity contribution is -0.870. The molecule has 0 aromatic carbocycles. The summed E-state index contributed by atoms with van der Waals surface area (Å²) in [6.45, 7) is 4.45. The zero-order valence-corrected chi connectivity index (χ0v) is 49.0. The molecular formula is C68H107NO8. The Bertz CT molecular complexity index is 1810. The molecule has 0 aromatic rings. The lowest BCUT2D eigenvalue weighted by Crippen LogP contribution is -2.44. The summed E-state index contributed by atoms with van der Waals surface area (Å²) in [6, 6.07) is 0. The van der Waals surface area contributed by atoms with Crippen LogP contribution in [0.5, 0.6) is 0 Å². The van der Waals surface area contributed by atoms with E-state index in [2.05, 4.69) is 172 Å². The SMILES string of the molecule is CC/C=C\C/C=C\C/C=C\C/C=C\C/C=C\C/C=C\C/C=C\C/C=C\C/C=C\CCCCCCCC(=O)OC(COC(=O)CCCCCCCC/C=C\C/C=C\C/C=C\C/C=C\CC)COC(OCC[N+](C)(C)C)C(=O)[O-]. The van der Waals surface area contributed by atoms with E-state index in [1.54, 1.807) is 0 Å². The second-order valence-electron chi connectivity index (χ2n) is 20.2. The third-order valence-electron chi connectivity index (χ3n) is 11.8. The Morgan fingerprint density at radius 1 is 0.390 bits per heavy atom. The van der Waals surface area contributed by atoms with Gasteiger partial charge in [0, 0.05) is 12.8 Å². The van der Waals surface area contributed by atoms with Crippen molar-refractivity contribution in [1.82, 2.24) is 0 Å². The molecule has 0 radical (unpaired) electrons. The first-order valence-corrected chi connectivity index (χ1v) is 29.6. The van der Waals surface area contributed by atoms with Crippen LogP contribution < -0.4 is 5.11 Å². The summed E-state index contributed by atoms with van der Waals surface area (Å²) >= 11 is 0. The molecule has 0 spiro atoms. The van der Waals surface area contributed by atoms with Crippen molar-refractivity contribution in [2.24, 2.45) is 0 Å². The molecule has 0 rings (SSSR count). The van der Waals surface area contributed by atoms with Gasteiger partial charge in [0.2, 0.25) is 0 Å². The van der Waals surface area contributed by atoms with Crippen LogP contribution in [-0.2, 0) is 33.3 Å². The summed E-state index contributed by atoms with van der Waals surface area (Å²) in [7, 11) is 5.89. The first-order chi connectivity index (χ1) is 37.6. The van der Waals surface area contributed by atoms with Crippen molar-refractivity contribution in [3.63, 3.8) is 0 Å². The van der Waals surface area contributed by atoms with Crippen molar-refractivity contribution >= 4 is 17.9 Å². The second-order valence-corrected chi connectivity index (χ2v) is 20.2. The number of likely N-dealkylation sites (N-methyl/N-ethyl adjacent to an activating group) is 1. The number of ether oxygens (including phenoxy) is 4. The van der Waals surface area contributed by atoms with Gasteiger partial charge in [0.1, 0.15) is 13.2 Å². The van der Waals surface area contributed by atoms with Gasteiger partial charge >= 0.3 is 11.9 Å². The fourth-order valence-corrected chi connectivity index (χ4v) is 7.28. The Hall–Kier alpha value is -5.09. The molecule has 77 heavy (non-hydrogen) atoms.